The lowest BCUT2D eigenvalue weighted by Gasteiger charge is -2.29. The number of terminal acetylenes is 1. The average Bonchev–Trinajstić information content (AvgIpc) is 3.38. The number of thiazole rings is 1. The summed E-state index contributed by atoms with van der Waals surface area (Å²) in [4.78, 5) is 17.4. The van der Waals surface area contributed by atoms with Crippen LogP contribution in [-0.2, 0) is 21.4 Å². The van der Waals surface area contributed by atoms with Gasteiger partial charge in [-0.05, 0) is 36.4 Å². The van der Waals surface area contributed by atoms with Crippen LogP contribution >= 0.6 is 22.7 Å². The molecule has 156 valence electrons. The minimum absolute atomic E-state index is 0.102. The molecule has 1 aliphatic heterocycles. The topological polar surface area (TPSA) is 71.7 Å². The van der Waals surface area contributed by atoms with Crippen molar-refractivity contribution in [3.05, 3.63) is 46.3 Å². The Morgan fingerprint density at radius 2 is 2.03 bits per heavy atom. The Balaban J connectivity index is 1.56. The van der Waals surface area contributed by atoms with Crippen LogP contribution in [0.25, 0.3) is 10.2 Å². The lowest BCUT2D eigenvalue weighted by molar-refractivity contribution is -0.122. The molecular weight excluding hydrogens is 445 g/mol. The summed E-state index contributed by atoms with van der Waals surface area (Å²) in [6.07, 6.45) is 6.20. The summed E-state index contributed by atoms with van der Waals surface area (Å²) in [5.74, 6) is 1.35. The number of fused-ring (bicyclic) bond motifs is 1. The molecule has 2 aromatic heterocycles. The summed E-state index contributed by atoms with van der Waals surface area (Å²) in [6.45, 7) is 0.625. The second-order valence-corrected chi connectivity index (χ2v) is 10.9. The van der Waals surface area contributed by atoms with Crippen molar-refractivity contribution >= 4 is 48.8 Å². The van der Waals surface area contributed by atoms with Crippen LogP contribution in [0.1, 0.15) is 12.8 Å². The third kappa shape index (κ3) is 3.86. The number of piperidine rings is 1. The van der Waals surface area contributed by atoms with E-state index in [0.717, 1.165) is 0 Å². The zero-order valence-electron chi connectivity index (χ0n) is 15.8. The second-order valence-electron chi connectivity index (χ2n) is 6.82. The van der Waals surface area contributed by atoms with Gasteiger partial charge in [-0.15, -0.1) is 17.8 Å². The van der Waals surface area contributed by atoms with Crippen molar-refractivity contribution < 1.29 is 17.6 Å². The fourth-order valence-electron chi connectivity index (χ4n) is 3.48. The van der Waals surface area contributed by atoms with Crippen molar-refractivity contribution in [2.24, 2.45) is 10.9 Å². The molecule has 0 radical (unpaired) electrons. The van der Waals surface area contributed by atoms with E-state index in [9.17, 15) is 17.6 Å². The fraction of sp³-hybridized carbons (Fsp3) is 0.300. The van der Waals surface area contributed by atoms with Gasteiger partial charge in [0.05, 0.1) is 16.8 Å². The molecule has 0 unspecified atom stereocenters. The Bertz CT molecular complexity index is 1290. The van der Waals surface area contributed by atoms with E-state index < -0.39 is 15.8 Å². The van der Waals surface area contributed by atoms with Crippen LogP contribution in [0.4, 0.5) is 4.39 Å². The summed E-state index contributed by atoms with van der Waals surface area (Å²) in [5, 5.41) is 1.72. The number of nitrogens with zero attached hydrogens (tertiary/aromatic N) is 3. The zero-order valence-corrected chi connectivity index (χ0v) is 18.3. The molecule has 0 saturated carbocycles. The molecule has 4 rings (SSSR count). The van der Waals surface area contributed by atoms with Crippen molar-refractivity contribution in [1.82, 2.24) is 8.87 Å². The van der Waals surface area contributed by atoms with Crippen molar-refractivity contribution in [3.8, 4) is 12.3 Å². The van der Waals surface area contributed by atoms with Gasteiger partial charge < -0.3 is 4.57 Å². The molecule has 3 heterocycles. The van der Waals surface area contributed by atoms with Gasteiger partial charge in [0.25, 0.3) is 15.9 Å². The van der Waals surface area contributed by atoms with E-state index in [0.29, 0.717) is 32.1 Å². The molecule has 0 N–H and O–H groups in total. The quantitative estimate of drug-likeness (QED) is 0.559. The van der Waals surface area contributed by atoms with Crippen LogP contribution in [0.5, 0.6) is 0 Å². The van der Waals surface area contributed by atoms with Crippen molar-refractivity contribution in [2.45, 2.75) is 23.6 Å². The van der Waals surface area contributed by atoms with E-state index >= 15 is 0 Å². The van der Waals surface area contributed by atoms with Crippen LogP contribution in [0.3, 0.4) is 0 Å². The first kappa shape index (κ1) is 20.9. The van der Waals surface area contributed by atoms with Gasteiger partial charge in [0, 0.05) is 19.0 Å². The largest absolute Gasteiger partial charge is 0.302 e. The molecule has 0 bridgehead atoms. The van der Waals surface area contributed by atoms with Crippen LogP contribution in [-0.4, -0.2) is 36.3 Å². The Hall–Kier alpha value is -2.32. The summed E-state index contributed by atoms with van der Waals surface area (Å²) in [7, 11) is -3.52. The van der Waals surface area contributed by atoms with E-state index in [1.165, 1.54) is 37.6 Å². The highest BCUT2D eigenvalue weighted by Gasteiger charge is 2.32. The number of hydrogen-bond donors (Lipinski definition) is 0. The molecule has 3 aromatic rings. The van der Waals surface area contributed by atoms with Gasteiger partial charge in [-0.3, -0.25) is 4.79 Å². The first-order valence-corrected chi connectivity index (χ1v) is 12.4. The zero-order chi connectivity index (χ0) is 21.3. The number of para-hydroxylation sites is 1. The molecule has 6 nitrogen and oxygen atoms in total. The van der Waals surface area contributed by atoms with E-state index in [2.05, 4.69) is 10.9 Å². The summed E-state index contributed by atoms with van der Waals surface area (Å²) < 4.78 is 43.5. The number of carbonyl (C=O) groups excluding carboxylic acids is 1. The van der Waals surface area contributed by atoms with Gasteiger partial charge in [-0.2, -0.15) is 9.30 Å². The van der Waals surface area contributed by atoms with Gasteiger partial charge in [-0.25, -0.2) is 12.8 Å². The molecule has 1 saturated heterocycles. The Morgan fingerprint density at radius 1 is 1.27 bits per heavy atom. The maximum absolute atomic E-state index is 14.3. The monoisotopic (exact) mass is 463 g/mol. The number of thiophene rings is 1. The summed E-state index contributed by atoms with van der Waals surface area (Å²) in [6, 6.07) is 7.98. The molecule has 0 spiro atoms. The maximum atomic E-state index is 14.3. The minimum atomic E-state index is -3.52. The lowest BCUT2D eigenvalue weighted by Crippen LogP contribution is -2.40. The molecule has 10 heteroatoms. The van der Waals surface area contributed by atoms with Gasteiger partial charge in [0.15, 0.2) is 4.80 Å². The van der Waals surface area contributed by atoms with E-state index in [1.807, 2.05) is 0 Å². The number of amides is 1. The predicted octanol–water partition coefficient (Wildman–Crippen LogP) is 3.06. The maximum Gasteiger partial charge on any atom is 0.252 e. The average molecular weight is 464 g/mol. The summed E-state index contributed by atoms with van der Waals surface area (Å²) >= 11 is 2.39. The molecule has 0 aliphatic carbocycles. The molecule has 30 heavy (non-hydrogen) atoms. The second kappa shape index (κ2) is 8.43. The van der Waals surface area contributed by atoms with Crippen molar-refractivity contribution in [2.75, 3.05) is 13.1 Å². The van der Waals surface area contributed by atoms with Crippen molar-refractivity contribution in [1.29, 1.82) is 0 Å². The van der Waals surface area contributed by atoms with Crippen LogP contribution in [0.15, 0.2) is 44.9 Å². The van der Waals surface area contributed by atoms with E-state index in [4.69, 9.17) is 6.42 Å². The minimum Gasteiger partial charge on any atom is -0.302 e. The summed E-state index contributed by atoms with van der Waals surface area (Å²) in [5.41, 5.74) is 0.337. The first-order chi connectivity index (χ1) is 14.4. The van der Waals surface area contributed by atoms with Crippen LogP contribution in [0, 0.1) is 24.1 Å². The molecule has 0 atom stereocenters. The first-order valence-electron chi connectivity index (χ1n) is 9.25. The third-order valence-electron chi connectivity index (χ3n) is 5.00. The highest BCUT2D eigenvalue weighted by atomic mass is 32.2. The number of rotatable bonds is 4. The Kier molecular flexibility index (Phi) is 5.88. The van der Waals surface area contributed by atoms with Gasteiger partial charge in [0.2, 0.25) is 0 Å². The van der Waals surface area contributed by atoms with E-state index in [1.54, 1.807) is 29.6 Å². The van der Waals surface area contributed by atoms with Gasteiger partial charge in [-0.1, -0.05) is 29.4 Å². The molecule has 1 fully saturated rings. The molecular formula is C20H18FN3O3S3. The number of aromatic nitrogens is 1. The lowest BCUT2D eigenvalue weighted by atomic mass is 9.98. The van der Waals surface area contributed by atoms with E-state index in [-0.39, 0.29) is 31.5 Å². The number of benzene rings is 1. The normalized spacial score (nSPS) is 16.7. The van der Waals surface area contributed by atoms with Gasteiger partial charge in [0.1, 0.15) is 10.0 Å². The van der Waals surface area contributed by atoms with Crippen LogP contribution < -0.4 is 4.80 Å². The SMILES string of the molecule is C#CCn1c(=NC(=O)C2CCN(S(=O)(=O)c3cccs3)CC2)sc2cccc(F)c21. The number of halogens is 1. The standard InChI is InChI=1S/C20H18FN3O3S3/c1-2-10-24-18-15(21)5-3-6-16(18)29-20(24)22-19(25)14-8-11-23(12-9-14)30(26,27)17-7-4-13-28-17/h1,3-7,13-14H,8-12H2. The number of sulfonamides is 1. The van der Waals surface area contributed by atoms with Crippen LogP contribution in [0.2, 0.25) is 0 Å². The molecule has 1 aliphatic rings. The van der Waals surface area contributed by atoms with Gasteiger partial charge >= 0.3 is 0 Å². The fourth-order valence-corrected chi connectivity index (χ4v) is 7.14. The highest BCUT2D eigenvalue weighted by molar-refractivity contribution is 7.91. The molecule has 1 amide bonds. The predicted molar refractivity (Wildman–Crippen MR) is 115 cm³/mol. The third-order valence-corrected chi connectivity index (χ3v) is 9.31. The Morgan fingerprint density at radius 3 is 2.70 bits per heavy atom. The smallest absolute Gasteiger partial charge is 0.252 e. The van der Waals surface area contributed by atoms with Crippen molar-refractivity contribution in [3.63, 3.8) is 0 Å². The highest BCUT2D eigenvalue weighted by Crippen LogP contribution is 2.27. The Labute approximate surface area is 181 Å². The number of carbonyl (C=O) groups is 1. The molecule has 1 aromatic carbocycles. The number of hydrogen-bond acceptors (Lipinski definition) is 5.